The van der Waals surface area contributed by atoms with Crippen LogP contribution in [0.2, 0.25) is 0 Å². The van der Waals surface area contributed by atoms with Gasteiger partial charge in [-0.3, -0.25) is 14.4 Å². The van der Waals surface area contributed by atoms with Crippen molar-refractivity contribution in [3.05, 3.63) is 0 Å². The Morgan fingerprint density at radius 2 is 1.94 bits per heavy atom. The summed E-state index contributed by atoms with van der Waals surface area (Å²) >= 11 is 0. The number of ether oxygens (including phenoxy) is 1. The molecule has 0 aliphatic heterocycles. The van der Waals surface area contributed by atoms with Gasteiger partial charge in [0, 0.05) is 6.54 Å². The summed E-state index contributed by atoms with van der Waals surface area (Å²) in [5, 5.41) is 19.7. The Kier molecular flexibility index (Phi) is 6.19. The number of hydrogen-bond acceptors (Lipinski definition) is 5. The van der Waals surface area contributed by atoms with Gasteiger partial charge in [0.1, 0.15) is 0 Å². The molecule has 98 valence electrons. The first-order valence-corrected chi connectivity index (χ1v) is 5.16. The van der Waals surface area contributed by atoms with Gasteiger partial charge in [0.25, 0.3) is 0 Å². The molecule has 0 fully saturated rings. The van der Waals surface area contributed by atoms with Gasteiger partial charge in [0.2, 0.25) is 5.91 Å². The van der Waals surface area contributed by atoms with Crippen molar-refractivity contribution < 1.29 is 29.3 Å². The number of rotatable bonds is 7. The highest BCUT2D eigenvalue weighted by molar-refractivity contribution is 6.02. The Hall–Kier alpha value is -1.63. The maximum atomic E-state index is 11.5. The zero-order valence-corrected chi connectivity index (χ0v) is 9.86. The molecule has 0 spiro atoms. The number of carboxylic acids is 1. The van der Waals surface area contributed by atoms with Gasteiger partial charge in [-0.2, -0.15) is 0 Å². The summed E-state index contributed by atoms with van der Waals surface area (Å²) in [7, 11) is 0. The SMILES string of the molecule is CCOC(=O)C(C)(CC(=O)NCCO)C(=O)O. The highest BCUT2D eigenvalue weighted by Crippen LogP contribution is 2.23. The van der Waals surface area contributed by atoms with E-state index in [0.717, 1.165) is 6.92 Å². The molecule has 0 aromatic rings. The van der Waals surface area contributed by atoms with Gasteiger partial charge >= 0.3 is 11.9 Å². The number of carbonyl (C=O) groups excluding carboxylic acids is 2. The molecule has 0 bridgehead atoms. The number of carbonyl (C=O) groups is 3. The summed E-state index contributed by atoms with van der Waals surface area (Å²) in [6, 6.07) is 0. The van der Waals surface area contributed by atoms with E-state index in [-0.39, 0.29) is 19.8 Å². The molecular formula is C10H17NO6. The maximum absolute atomic E-state index is 11.5. The van der Waals surface area contributed by atoms with Gasteiger partial charge in [-0.1, -0.05) is 0 Å². The third-order valence-electron chi connectivity index (χ3n) is 2.15. The number of hydrogen-bond donors (Lipinski definition) is 3. The summed E-state index contributed by atoms with van der Waals surface area (Å²) in [4.78, 5) is 33.8. The first-order valence-electron chi connectivity index (χ1n) is 5.16. The molecule has 1 atom stereocenters. The average Bonchev–Trinajstić information content (AvgIpc) is 2.26. The summed E-state index contributed by atoms with van der Waals surface area (Å²) < 4.78 is 4.62. The Bertz CT molecular complexity index is 303. The van der Waals surface area contributed by atoms with Crippen molar-refractivity contribution in [3.8, 4) is 0 Å². The highest BCUT2D eigenvalue weighted by atomic mass is 16.5. The van der Waals surface area contributed by atoms with E-state index in [2.05, 4.69) is 10.1 Å². The number of carboxylic acid groups (broad SMARTS) is 1. The van der Waals surface area contributed by atoms with Crippen molar-refractivity contribution in [2.75, 3.05) is 19.8 Å². The lowest BCUT2D eigenvalue weighted by atomic mass is 9.86. The van der Waals surface area contributed by atoms with Crippen molar-refractivity contribution in [3.63, 3.8) is 0 Å². The molecule has 0 saturated carbocycles. The quantitative estimate of drug-likeness (QED) is 0.398. The van der Waals surface area contributed by atoms with Gasteiger partial charge in [0.05, 0.1) is 19.6 Å². The van der Waals surface area contributed by atoms with E-state index in [1.807, 2.05) is 0 Å². The fourth-order valence-electron chi connectivity index (χ4n) is 1.10. The summed E-state index contributed by atoms with van der Waals surface area (Å²) in [5.41, 5.74) is -1.91. The van der Waals surface area contributed by atoms with Crippen LogP contribution in [0.1, 0.15) is 20.3 Å². The highest BCUT2D eigenvalue weighted by Gasteiger charge is 2.44. The monoisotopic (exact) mass is 247 g/mol. The van der Waals surface area contributed by atoms with E-state index in [1.54, 1.807) is 6.92 Å². The molecule has 7 nitrogen and oxygen atoms in total. The molecule has 0 heterocycles. The van der Waals surface area contributed by atoms with Gasteiger partial charge in [-0.05, 0) is 13.8 Å². The van der Waals surface area contributed by atoms with Crippen LogP contribution in [0.3, 0.4) is 0 Å². The predicted molar refractivity (Wildman–Crippen MR) is 57.1 cm³/mol. The number of esters is 1. The normalized spacial score (nSPS) is 13.6. The largest absolute Gasteiger partial charge is 0.480 e. The van der Waals surface area contributed by atoms with Crippen LogP contribution in [0, 0.1) is 5.41 Å². The second kappa shape index (κ2) is 6.85. The minimum Gasteiger partial charge on any atom is -0.480 e. The lowest BCUT2D eigenvalue weighted by Crippen LogP contribution is -2.42. The van der Waals surface area contributed by atoms with Crippen molar-refractivity contribution in [2.45, 2.75) is 20.3 Å². The molecule has 7 heteroatoms. The Morgan fingerprint density at radius 3 is 2.35 bits per heavy atom. The fourth-order valence-corrected chi connectivity index (χ4v) is 1.10. The fraction of sp³-hybridized carbons (Fsp3) is 0.700. The summed E-state index contributed by atoms with van der Waals surface area (Å²) in [6.45, 7) is 2.48. The smallest absolute Gasteiger partial charge is 0.323 e. The second-order valence-electron chi connectivity index (χ2n) is 3.61. The van der Waals surface area contributed by atoms with Crippen molar-refractivity contribution in [1.82, 2.24) is 5.32 Å². The van der Waals surface area contributed by atoms with Gasteiger partial charge in [-0.15, -0.1) is 0 Å². The molecule has 1 unspecified atom stereocenters. The minimum atomic E-state index is -1.91. The molecular weight excluding hydrogens is 230 g/mol. The van der Waals surface area contributed by atoms with E-state index >= 15 is 0 Å². The molecule has 0 aromatic carbocycles. The first-order chi connectivity index (χ1) is 7.88. The number of aliphatic hydroxyl groups is 1. The van der Waals surface area contributed by atoms with E-state index in [4.69, 9.17) is 10.2 Å². The van der Waals surface area contributed by atoms with Crippen LogP contribution >= 0.6 is 0 Å². The van der Waals surface area contributed by atoms with Crippen molar-refractivity contribution >= 4 is 17.8 Å². The summed E-state index contributed by atoms with van der Waals surface area (Å²) in [5.74, 6) is -3.00. The molecule has 3 N–H and O–H groups in total. The van der Waals surface area contributed by atoms with Gasteiger partial charge in [-0.25, -0.2) is 0 Å². The van der Waals surface area contributed by atoms with Crippen LogP contribution in [0.25, 0.3) is 0 Å². The number of amides is 1. The third-order valence-corrected chi connectivity index (χ3v) is 2.15. The molecule has 17 heavy (non-hydrogen) atoms. The van der Waals surface area contributed by atoms with Crippen molar-refractivity contribution in [1.29, 1.82) is 0 Å². The van der Waals surface area contributed by atoms with E-state index in [1.165, 1.54) is 0 Å². The zero-order valence-electron chi connectivity index (χ0n) is 9.86. The predicted octanol–water partition coefficient (Wildman–Crippen LogP) is -0.861. The van der Waals surface area contributed by atoms with E-state index in [9.17, 15) is 14.4 Å². The van der Waals surface area contributed by atoms with E-state index in [0.29, 0.717) is 0 Å². The molecule has 0 saturated heterocycles. The molecule has 0 aliphatic carbocycles. The average molecular weight is 247 g/mol. The topological polar surface area (TPSA) is 113 Å². The lowest BCUT2D eigenvalue weighted by molar-refractivity contribution is -0.169. The number of aliphatic carboxylic acids is 1. The number of nitrogens with one attached hydrogen (secondary N) is 1. The van der Waals surface area contributed by atoms with Crippen LogP contribution in [0.15, 0.2) is 0 Å². The Balaban J connectivity index is 4.67. The molecule has 0 aliphatic rings. The Labute approximate surface area is 98.8 Å². The first kappa shape index (κ1) is 15.4. The van der Waals surface area contributed by atoms with Crippen LogP contribution in [0.4, 0.5) is 0 Å². The van der Waals surface area contributed by atoms with Gasteiger partial charge in [0.15, 0.2) is 5.41 Å². The van der Waals surface area contributed by atoms with Crippen LogP contribution in [0.5, 0.6) is 0 Å². The van der Waals surface area contributed by atoms with Gasteiger partial charge < -0.3 is 20.3 Å². The Morgan fingerprint density at radius 1 is 1.35 bits per heavy atom. The van der Waals surface area contributed by atoms with Crippen molar-refractivity contribution in [2.24, 2.45) is 5.41 Å². The second-order valence-corrected chi connectivity index (χ2v) is 3.61. The molecule has 0 rings (SSSR count). The lowest BCUT2D eigenvalue weighted by Gasteiger charge is -2.21. The molecule has 0 aromatic heterocycles. The zero-order chi connectivity index (χ0) is 13.5. The standard InChI is InChI=1S/C10H17NO6/c1-3-17-9(16)10(2,8(14)15)6-7(13)11-4-5-12/h12H,3-6H2,1-2H3,(H,11,13)(H,14,15). The number of aliphatic hydroxyl groups excluding tert-OH is 1. The molecule has 1 amide bonds. The third kappa shape index (κ3) is 4.39. The minimum absolute atomic E-state index is 0.0113. The van der Waals surface area contributed by atoms with E-state index < -0.39 is 29.7 Å². The van der Waals surface area contributed by atoms with Crippen LogP contribution < -0.4 is 5.32 Å². The summed E-state index contributed by atoms with van der Waals surface area (Å²) in [6.07, 6.45) is -0.527. The maximum Gasteiger partial charge on any atom is 0.323 e. The van der Waals surface area contributed by atoms with Crippen LogP contribution in [-0.2, 0) is 19.1 Å². The van der Waals surface area contributed by atoms with Crippen LogP contribution in [-0.4, -0.2) is 47.8 Å². The molecule has 0 radical (unpaired) electrons.